The van der Waals surface area contributed by atoms with Crippen LogP contribution in [0.5, 0.6) is 0 Å². The van der Waals surface area contributed by atoms with E-state index in [4.69, 9.17) is 4.42 Å². The molecule has 0 atom stereocenters. The van der Waals surface area contributed by atoms with Crippen LogP contribution >= 0.6 is 0 Å². The summed E-state index contributed by atoms with van der Waals surface area (Å²) in [6.07, 6.45) is 6.71. The predicted octanol–water partition coefficient (Wildman–Crippen LogP) is 16.0. The van der Waals surface area contributed by atoms with Crippen LogP contribution in [0.2, 0.25) is 0 Å². The molecule has 2 aliphatic carbocycles. The average Bonchev–Trinajstić information content (AvgIpc) is 4.01. The Balaban J connectivity index is 0.986. The minimum absolute atomic E-state index is 0.518. The monoisotopic (exact) mass is 818 g/mol. The quantitative estimate of drug-likeness (QED) is 0.160. The number of fused-ring (bicyclic) bond motifs is 9. The Kier molecular flexibility index (Phi) is 8.26. The number of allylic oxidation sites excluding steroid dienone is 1. The van der Waals surface area contributed by atoms with Gasteiger partial charge < -0.3 is 13.9 Å². The molecule has 0 fully saturated rings. The summed E-state index contributed by atoms with van der Waals surface area (Å²) in [5.74, 6) is 0. The highest BCUT2D eigenvalue weighted by molar-refractivity contribution is 6.06. The fourth-order valence-electron chi connectivity index (χ4n) is 10.9. The van der Waals surface area contributed by atoms with E-state index in [2.05, 4.69) is 234 Å². The molecule has 9 aromatic carbocycles. The predicted molar refractivity (Wildman–Crippen MR) is 265 cm³/mol. The third kappa shape index (κ3) is 5.47. The molecule has 3 heteroatoms. The smallest absolute Gasteiger partial charge is 0.137 e. The number of nitrogens with zero attached hydrogens (tertiary/aromatic N) is 2. The van der Waals surface area contributed by atoms with Crippen molar-refractivity contribution in [1.82, 2.24) is 4.57 Å². The largest absolute Gasteiger partial charge is 0.456 e. The van der Waals surface area contributed by atoms with E-state index < -0.39 is 5.41 Å². The molecule has 0 amide bonds. The lowest BCUT2D eigenvalue weighted by atomic mass is 9.67. The topological polar surface area (TPSA) is 21.3 Å². The van der Waals surface area contributed by atoms with Crippen LogP contribution in [0.3, 0.4) is 0 Å². The Hall–Kier alpha value is -8.14. The summed E-state index contributed by atoms with van der Waals surface area (Å²) >= 11 is 0. The second-order valence-electron chi connectivity index (χ2n) is 17.1. The average molecular weight is 819 g/mol. The van der Waals surface area contributed by atoms with E-state index >= 15 is 0 Å². The first-order chi connectivity index (χ1) is 31.7. The summed E-state index contributed by atoms with van der Waals surface area (Å²) in [7, 11) is 0. The molecule has 0 unspecified atom stereocenters. The number of para-hydroxylation sites is 2. The number of furan rings is 1. The number of hydrogen-bond donors (Lipinski definition) is 0. The summed E-state index contributed by atoms with van der Waals surface area (Å²) in [6, 6.07) is 79.9. The molecule has 302 valence electrons. The second-order valence-corrected chi connectivity index (χ2v) is 17.1. The van der Waals surface area contributed by atoms with Crippen LogP contribution in [0, 0.1) is 0 Å². The van der Waals surface area contributed by atoms with Crippen molar-refractivity contribution >= 4 is 56.0 Å². The molecule has 0 aliphatic heterocycles. The Morgan fingerprint density at radius 2 is 1.08 bits per heavy atom. The summed E-state index contributed by atoms with van der Waals surface area (Å²) in [5.41, 5.74) is 19.5. The summed E-state index contributed by atoms with van der Waals surface area (Å²) in [4.78, 5) is 2.40. The van der Waals surface area contributed by atoms with Gasteiger partial charge >= 0.3 is 0 Å². The molecule has 0 spiro atoms. The Labute approximate surface area is 372 Å². The number of aryl methyl sites for hydroxylation is 1. The van der Waals surface area contributed by atoms with Crippen molar-refractivity contribution < 1.29 is 4.42 Å². The molecule has 0 N–H and O–H groups in total. The standard InChI is InChI=1S/C61H42N2O/c1-4-16-43(17-5-1)61(44-18-6-2-7-19-44)55-25-13-10-22-49(55)50-35-33-47(39-56(50)61)62(48-34-36-53-52-24-12-15-27-59(52)64-60(53)40-48)46-31-28-41(29-32-46)42-30-37-58-54(38-42)51-23-11-14-26-57(51)63(58)45-20-8-3-9-21-45/h1-10,12-22,24-40H,11,23H2. The van der Waals surface area contributed by atoms with Gasteiger partial charge in [0.1, 0.15) is 11.2 Å². The highest BCUT2D eigenvalue weighted by Gasteiger charge is 2.46. The lowest BCUT2D eigenvalue weighted by Crippen LogP contribution is -2.28. The van der Waals surface area contributed by atoms with Crippen molar-refractivity contribution in [3.8, 4) is 27.9 Å². The van der Waals surface area contributed by atoms with Gasteiger partial charge in [-0.1, -0.05) is 152 Å². The van der Waals surface area contributed by atoms with Crippen LogP contribution < -0.4 is 4.90 Å². The van der Waals surface area contributed by atoms with Crippen molar-refractivity contribution in [2.75, 3.05) is 4.90 Å². The van der Waals surface area contributed by atoms with E-state index in [1.54, 1.807) is 0 Å². The highest BCUT2D eigenvalue weighted by atomic mass is 16.3. The maximum absolute atomic E-state index is 6.53. The first-order valence-corrected chi connectivity index (χ1v) is 22.3. The van der Waals surface area contributed by atoms with E-state index in [9.17, 15) is 0 Å². The molecule has 13 rings (SSSR count). The van der Waals surface area contributed by atoms with Crippen molar-refractivity contribution in [2.45, 2.75) is 18.3 Å². The second kappa shape index (κ2) is 14.5. The molecular weight excluding hydrogens is 777 g/mol. The van der Waals surface area contributed by atoms with Gasteiger partial charge in [0, 0.05) is 50.7 Å². The van der Waals surface area contributed by atoms with Crippen LogP contribution in [0.15, 0.2) is 229 Å². The van der Waals surface area contributed by atoms with E-state index in [1.165, 1.54) is 72.4 Å². The maximum atomic E-state index is 6.53. The van der Waals surface area contributed by atoms with Gasteiger partial charge in [-0.2, -0.15) is 0 Å². The van der Waals surface area contributed by atoms with Gasteiger partial charge in [-0.3, -0.25) is 0 Å². The lowest BCUT2D eigenvalue weighted by Gasteiger charge is -2.35. The number of aromatic nitrogens is 1. The zero-order chi connectivity index (χ0) is 42.2. The molecule has 11 aromatic rings. The van der Waals surface area contributed by atoms with Gasteiger partial charge in [0.15, 0.2) is 0 Å². The van der Waals surface area contributed by atoms with E-state index in [-0.39, 0.29) is 0 Å². The Morgan fingerprint density at radius 1 is 0.453 bits per heavy atom. The molecule has 0 saturated carbocycles. The third-order valence-corrected chi connectivity index (χ3v) is 13.7. The first kappa shape index (κ1) is 36.5. The molecule has 2 heterocycles. The SMILES string of the molecule is C1=Cc2c(c3cc(-c4ccc(N(c5ccc6c(c5)C(c5ccccc5)(c5ccccc5)c5ccccc5-6)c5ccc6c(c5)oc5ccccc56)cc4)ccc3n2-c2ccccc2)CC1. The number of hydrogen-bond acceptors (Lipinski definition) is 2. The molecule has 0 bridgehead atoms. The summed E-state index contributed by atoms with van der Waals surface area (Å²) < 4.78 is 8.95. The van der Waals surface area contributed by atoms with Gasteiger partial charge in [-0.15, -0.1) is 0 Å². The maximum Gasteiger partial charge on any atom is 0.137 e. The molecule has 2 aliphatic rings. The van der Waals surface area contributed by atoms with Crippen molar-refractivity contribution in [3.63, 3.8) is 0 Å². The van der Waals surface area contributed by atoms with E-state index in [0.29, 0.717) is 0 Å². The fourth-order valence-corrected chi connectivity index (χ4v) is 10.9. The summed E-state index contributed by atoms with van der Waals surface area (Å²) in [6.45, 7) is 0. The third-order valence-electron chi connectivity index (χ3n) is 13.7. The zero-order valence-electron chi connectivity index (χ0n) is 35.2. The molecule has 0 saturated heterocycles. The first-order valence-electron chi connectivity index (χ1n) is 22.3. The Morgan fingerprint density at radius 3 is 1.88 bits per heavy atom. The van der Waals surface area contributed by atoms with E-state index in [0.717, 1.165) is 51.8 Å². The fraction of sp³-hybridized carbons (Fsp3) is 0.0492. The van der Waals surface area contributed by atoms with Crippen LogP contribution in [-0.4, -0.2) is 4.57 Å². The lowest BCUT2D eigenvalue weighted by molar-refractivity contribution is 0.669. The molecular formula is C61H42N2O. The normalized spacial score (nSPS) is 13.6. The minimum Gasteiger partial charge on any atom is -0.456 e. The summed E-state index contributed by atoms with van der Waals surface area (Å²) in [5, 5.41) is 3.56. The van der Waals surface area contributed by atoms with Gasteiger partial charge in [0.25, 0.3) is 0 Å². The minimum atomic E-state index is -0.518. The van der Waals surface area contributed by atoms with Crippen LogP contribution in [0.25, 0.3) is 66.9 Å². The van der Waals surface area contributed by atoms with Gasteiger partial charge in [-0.05, 0) is 136 Å². The van der Waals surface area contributed by atoms with Crippen LogP contribution in [0.4, 0.5) is 17.1 Å². The van der Waals surface area contributed by atoms with Crippen LogP contribution in [0.1, 0.15) is 39.9 Å². The van der Waals surface area contributed by atoms with Gasteiger partial charge in [0.2, 0.25) is 0 Å². The van der Waals surface area contributed by atoms with Crippen molar-refractivity contribution in [1.29, 1.82) is 0 Å². The molecule has 64 heavy (non-hydrogen) atoms. The van der Waals surface area contributed by atoms with E-state index in [1.807, 2.05) is 6.07 Å². The van der Waals surface area contributed by atoms with Crippen LogP contribution in [-0.2, 0) is 11.8 Å². The van der Waals surface area contributed by atoms with Gasteiger partial charge in [-0.25, -0.2) is 0 Å². The molecule has 2 aromatic heterocycles. The Bertz CT molecular complexity index is 3560. The highest BCUT2D eigenvalue weighted by Crippen LogP contribution is 2.57. The van der Waals surface area contributed by atoms with Gasteiger partial charge in [0.05, 0.1) is 10.9 Å². The molecule has 3 nitrogen and oxygen atoms in total. The molecule has 0 radical (unpaired) electrons. The number of anilines is 3. The zero-order valence-corrected chi connectivity index (χ0v) is 35.2. The van der Waals surface area contributed by atoms with Crippen molar-refractivity contribution in [3.05, 3.63) is 258 Å². The number of benzene rings is 9. The number of rotatable bonds is 7. The van der Waals surface area contributed by atoms with Crippen molar-refractivity contribution in [2.24, 2.45) is 0 Å².